The van der Waals surface area contributed by atoms with Gasteiger partial charge in [-0.05, 0) is 29.4 Å². The fraction of sp³-hybridized carbons (Fsp3) is 0.409. The van der Waals surface area contributed by atoms with Crippen molar-refractivity contribution in [3.8, 4) is 0 Å². The summed E-state index contributed by atoms with van der Waals surface area (Å²) in [5.74, 6) is -0.207. The normalized spacial score (nSPS) is 12.8. The summed E-state index contributed by atoms with van der Waals surface area (Å²) in [7, 11) is 1.45. The third-order valence-corrected chi connectivity index (χ3v) is 4.30. The minimum Gasteiger partial charge on any atom is -0.468 e. The number of rotatable bonds is 7. The quantitative estimate of drug-likeness (QED) is 0.741. The average Bonchev–Trinajstić information content (AvgIpc) is 2.62. The molecule has 0 spiro atoms. The summed E-state index contributed by atoms with van der Waals surface area (Å²) in [6.07, 6.45) is 1.68. The number of ether oxygens (including phenoxy) is 1. The molecule has 134 valence electrons. The maximum Gasteiger partial charge on any atom is 0.322 e. The van der Waals surface area contributed by atoms with Gasteiger partial charge in [-0.15, -0.1) is 0 Å². The lowest BCUT2D eigenvalue weighted by atomic mass is 9.88. The predicted molar refractivity (Wildman–Crippen MR) is 102 cm³/mol. The number of carbonyl (C=O) groups excluding carboxylic acids is 1. The van der Waals surface area contributed by atoms with Gasteiger partial charge in [-0.25, -0.2) is 0 Å². The van der Waals surface area contributed by atoms with Crippen molar-refractivity contribution < 1.29 is 9.53 Å². The second-order valence-electron chi connectivity index (χ2n) is 7.60. The van der Waals surface area contributed by atoms with Crippen LogP contribution in [-0.4, -0.2) is 19.1 Å². The van der Waals surface area contributed by atoms with E-state index in [1.54, 1.807) is 0 Å². The van der Waals surface area contributed by atoms with Gasteiger partial charge < -0.3 is 4.74 Å². The summed E-state index contributed by atoms with van der Waals surface area (Å²) < 4.78 is 5.05. The van der Waals surface area contributed by atoms with E-state index in [-0.39, 0.29) is 23.5 Å². The van der Waals surface area contributed by atoms with Gasteiger partial charge in [0, 0.05) is 0 Å². The van der Waals surface area contributed by atoms with Crippen molar-refractivity contribution >= 4 is 5.97 Å². The molecule has 2 rings (SSSR count). The van der Waals surface area contributed by atoms with Crippen LogP contribution in [-0.2, 0) is 9.53 Å². The number of hydrogen-bond acceptors (Lipinski definition) is 3. The van der Waals surface area contributed by atoms with E-state index in [4.69, 9.17) is 4.74 Å². The molecule has 2 aromatic carbocycles. The lowest BCUT2D eigenvalue weighted by Crippen LogP contribution is -2.41. The summed E-state index contributed by atoms with van der Waals surface area (Å²) in [5.41, 5.74) is 2.44. The molecule has 0 bridgehead atoms. The topological polar surface area (TPSA) is 38.3 Å². The van der Waals surface area contributed by atoms with E-state index < -0.39 is 0 Å². The Labute approximate surface area is 151 Å². The van der Waals surface area contributed by atoms with Crippen molar-refractivity contribution in [2.24, 2.45) is 5.41 Å². The van der Waals surface area contributed by atoms with Crippen LogP contribution in [0.2, 0.25) is 0 Å². The number of benzene rings is 2. The first-order valence-corrected chi connectivity index (χ1v) is 8.84. The Morgan fingerprint density at radius 3 is 1.84 bits per heavy atom. The largest absolute Gasteiger partial charge is 0.468 e. The van der Waals surface area contributed by atoms with E-state index in [1.807, 2.05) is 36.4 Å². The van der Waals surface area contributed by atoms with Crippen LogP contribution in [0.4, 0.5) is 0 Å². The summed E-state index contributed by atoms with van der Waals surface area (Å²) in [4.78, 5) is 12.3. The number of nitrogens with one attached hydrogen (secondary N) is 1. The Morgan fingerprint density at radius 2 is 1.44 bits per heavy atom. The third-order valence-electron chi connectivity index (χ3n) is 4.30. The Balaban J connectivity index is 2.27. The van der Waals surface area contributed by atoms with Crippen molar-refractivity contribution in [2.75, 3.05) is 7.11 Å². The van der Waals surface area contributed by atoms with E-state index in [0.717, 1.165) is 24.0 Å². The maximum absolute atomic E-state index is 12.3. The Kier molecular flexibility index (Phi) is 6.77. The molecule has 0 heterocycles. The summed E-state index contributed by atoms with van der Waals surface area (Å²) in [5, 5.41) is 3.54. The van der Waals surface area contributed by atoms with Crippen molar-refractivity contribution in [3.05, 3.63) is 71.8 Å². The Morgan fingerprint density at radius 1 is 0.960 bits per heavy atom. The van der Waals surface area contributed by atoms with Crippen LogP contribution in [0.25, 0.3) is 0 Å². The zero-order valence-electron chi connectivity index (χ0n) is 15.7. The van der Waals surface area contributed by atoms with E-state index in [0.29, 0.717) is 0 Å². The molecule has 3 nitrogen and oxygen atoms in total. The highest BCUT2D eigenvalue weighted by Gasteiger charge is 2.26. The van der Waals surface area contributed by atoms with E-state index in [9.17, 15) is 4.79 Å². The van der Waals surface area contributed by atoms with Gasteiger partial charge in [-0.2, -0.15) is 0 Å². The molecule has 0 unspecified atom stereocenters. The molecule has 0 radical (unpaired) electrons. The molecule has 3 heteroatoms. The smallest absolute Gasteiger partial charge is 0.322 e. The molecule has 25 heavy (non-hydrogen) atoms. The van der Waals surface area contributed by atoms with Crippen molar-refractivity contribution in [1.29, 1.82) is 0 Å². The lowest BCUT2D eigenvalue weighted by Gasteiger charge is -2.27. The number of carbonyl (C=O) groups is 1. The van der Waals surface area contributed by atoms with Crippen LogP contribution in [0.1, 0.15) is 50.8 Å². The van der Waals surface area contributed by atoms with E-state index in [2.05, 4.69) is 50.4 Å². The van der Waals surface area contributed by atoms with Gasteiger partial charge in [-0.1, -0.05) is 81.4 Å². The minimum absolute atomic E-state index is 0.0496. The van der Waals surface area contributed by atoms with Gasteiger partial charge >= 0.3 is 5.97 Å². The standard InChI is InChI=1S/C22H29NO2/c1-22(2,3)16-15-19(21(24)25-4)23-20(17-11-7-5-8-12-17)18-13-9-6-10-14-18/h5-14,19-20,23H,15-16H2,1-4H3/t19-/m0/s1. The average molecular weight is 339 g/mol. The Hall–Kier alpha value is -2.13. The number of methoxy groups -OCH3 is 1. The molecular weight excluding hydrogens is 310 g/mol. The molecule has 0 fully saturated rings. The summed E-state index contributed by atoms with van der Waals surface area (Å²) >= 11 is 0. The summed E-state index contributed by atoms with van der Waals surface area (Å²) in [6.45, 7) is 6.56. The molecular formula is C22H29NO2. The third kappa shape index (κ3) is 6.02. The number of hydrogen-bond donors (Lipinski definition) is 1. The first-order chi connectivity index (χ1) is 11.9. The maximum atomic E-state index is 12.3. The van der Waals surface area contributed by atoms with Crippen molar-refractivity contribution in [3.63, 3.8) is 0 Å². The molecule has 0 saturated heterocycles. The molecule has 1 atom stereocenters. The van der Waals surface area contributed by atoms with E-state index in [1.165, 1.54) is 7.11 Å². The highest BCUT2D eigenvalue weighted by atomic mass is 16.5. The van der Waals surface area contributed by atoms with Gasteiger partial charge in [0.1, 0.15) is 6.04 Å². The predicted octanol–water partition coefficient (Wildman–Crippen LogP) is 4.73. The first kappa shape index (κ1) is 19.2. The molecule has 0 aliphatic carbocycles. The monoisotopic (exact) mass is 339 g/mol. The van der Waals surface area contributed by atoms with Crippen molar-refractivity contribution in [1.82, 2.24) is 5.32 Å². The van der Waals surface area contributed by atoms with Crippen LogP contribution in [0.5, 0.6) is 0 Å². The molecule has 2 aromatic rings. The molecule has 0 aliphatic heterocycles. The summed E-state index contributed by atoms with van der Waals surface area (Å²) in [6, 6.07) is 20.1. The van der Waals surface area contributed by atoms with Gasteiger partial charge in [0.05, 0.1) is 13.2 Å². The fourth-order valence-electron chi connectivity index (χ4n) is 2.87. The van der Waals surface area contributed by atoms with Crippen LogP contribution in [0, 0.1) is 5.41 Å². The minimum atomic E-state index is -0.338. The second-order valence-corrected chi connectivity index (χ2v) is 7.60. The van der Waals surface area contributed by atoms with Gasteiger partial charge in [0.2, 0.25) is 0 Å². The van der Waals surface area contributed by atoms with Gasteiger partial charge in [0.15, 0.2) is 0 Å². The van der Waals surface area contributed by atoms with Crippen LogP contribution in [0.15, 0.2) is 60.7 Å². The SMILES string of the molecule is COC(=O)[C@H](CCC(C)(C)C)NC(c1ccccc1)c1ccccc1. The Bertz CT molecular complexity index is 607. The van der Waals surface area contributed by atoms with Crippen LogP contribution >= 0.6 is 0 Å². The lowest BCUT2D eigenvalue weighted by molar-refractivity contribution is -0.143. The zero-order chi connectivity index (χ0) is 18.3. The highest BCUT2D eigenvalue weighted by Crippen LogP contribution is 2.26. The highest BCUT2D eigenvalue weighted by molar-refractivity contribution is 5.75. The van der Waals surface area contributed by atoms with E-state index >= 15 is 0 Å². The van der Waals surface area contributed by atoms with Gasteiger partial charge in [0.25, 0.3) is 0 Å². The van der Waals surface area contributed by atoms with Crippen LogP contribution in [0.3, 0.4) is 0 Å². The first-order valence-electron chi connectivity index (χ1n) is 8.84. The second kappa shape index (κ2) is 8.82. The van der Waals surface area contributed by atoms with Gasteiger partial charge in [-0.3, -0.25) is 10.1 Å². The zero-order valence-corrected chi connectivity index (χ0v) is 15.7. The van der Waals surface area contributed by atoms with Crippen molar-refractivity contribution in [2.45, 2.75) is 45.7 Å². The molecule has 0 aromatic heterocycles. The fourth-order valence-corrected chi connectivity index (χ4v) is 2.87. The molecule has 1 N–H and O–H groups in total. The van der Waals surface area contributed by atoms with Crippen LogP contribution < -0.4 is 5.32 Å². The number of esters is 1. The molecule has 0 saturated carbocycles. The molecule has 0 amide bonds. The molecule has 0 aliphatic rings.